The van der Waals surface area contributed by atoms with Crippen LogP contribution in [0.1, 0.15) is 19.8 Å². The molecule has 0 aliphatic rings. The highest BCUT2D eigenvalue weighted by atomic mass is 16.2. The molecule has 0 spiro atoms. The monoisotopic (exact) mass is 236 g/mol. The summed E-state index contributed by atoms with van der Waals surface area (Å²) in [7, 11) is 0. The van der Waals surface area contributed by atoms with Crippen molar-refractivity contribution in [3.05, 3.63) is 18.3 Å². The summed E-state index contributed by atoms with van der Waals surface area (Å²) < 4.78 is 0. The van der Waals surface area contributed by atoms with E-state index < -0.39 is 0 Å². The summed E-state index contributed by atoms with van der Waals surface area (Å²) in [6.07, 6.45) is 2.65. The minimum Gasteiger partial charge on any atom is -0.384 e. The molecule has 1 heterocycles. The lowest BCUT2D eigenvalue weighted by Gasteiger charge is -2.06. The fourth-order valence-electron chi connectivity index (χ4n) is 1.18. The number of carbonyl (C=O) groups is 2. The maximum Gasteiger partial charge on any atom is 0.243 e. The Morgan fingerprint density at radius 3 is 2.71 bits per heavy atom. The average Bonchev–Trinajstić information content (AvgIpc) is 2.30. The Bertz CT molecular complexity index is 389. The van der Waals surface area contributed by atoms with Gasteiger partial charge in [0.15, 0.2) is 0 Å². The largest absolute Gasteiger partial charge is 0.384 e. The molecule has 0 aromatic carbocycles. The standard InChI is InChI=1S/C11H16N4O2/c1-2-3-10(16)14-7-11(17)15-8-4-5-9(12)13-6-8/h4-6H,2-3,7H2,1H3,(H2,12,13)(H,14,16)(H,15,17). The average molecular weight is 236 g/mol. The van der Waals surface area contributed by atoms with Crippen molar-refractivity contribution in [2.24, 2.45) is 0 Å². The van der Waals surface area contributed by atoms with Crippen molar-refractivity contribution in [3.8, 4) is 0 Å². The Hall–Kier alpha value is -2.11. The molecule has 0 saturated heterocycles. The van der Waals surface area contributed by atoms with Gasteiger partial charge in [-0.25, -0.2) is 4.98 Å². The van der Waals surface area contributed by atoms with Crippen LogP contribution >= 0.6 is 0 Å². The number of pyridine rings is 1. The van der Waals surface area contributed by atoms with Crippen molar-refractivity contribution in [2.75, 3.05) is 17.6 Å². The fourth-order valence-corrected chi connectivity index (χ4v) is 1.18. The van der Waals surface area contributed by atoms with Crippen molar-refractivity contribution in [1.29, 1.82) is 0 Å². The Balaban J connectivity index is 2.34. The highest BCUT2D eigenvalue weighted by Crippen LogP contribution is 2.06. The van der Waals surface area contributed by atoms with Crippen molar-refractivity contribution >= 4 is 23.3 Å². The number of aromatic nitrogens is 1. The SMILES string of the molecule is CCCC(=O)NCC(=O)Nc1ccc(N)nc1. The zero-order valence-electron chi connectivity index (χ0n) is 9.69. The van der Waals surface area contributed by atoms with Gasteiger partial charge in [0.2, 0.25) is 11.8 Å². The number of anilines is 2. The molecule has 0 saturated carbocycles. The molecule has 0 aliphatic carbocycles. The summed E-state index contributed by atoms with van der Waals surface area (Å²) in [6, 6.07) is 3.24. The predicted molar refractivity (Wildman–Crippen MR) is 65.2 cm³/mol. The number of hydrogen-bond donors (Lipinski definition) is 3. The summed E-state index contributed by atoms with van der Waals surface area (Å²) in [5, 5.41) is 5.11. The van der Waals surface area contributed by atoms with Gasteiger partial charge in [0.25, 0.3) is 0 Å². The van der Waals surface area contributed by atoms with Crippen LogP contribution in [0.4, 0.5) is 11.5 Å². The van der Waals surface area contributed by atoms with E-state index in [0.29, 0.717) is 17.9 Å². The molecular formula is C11H16N4O2. The molecule has 0 unspecified atom stereocenters. The van der Waals surface area contributed by atoms with Gasteiger partial charge in [-0.15, -0.1) is 0 Å². The number of carbonyl (C=O) groups excluding carboxylic acids is 2. The first kappa shape index (κ1) is 13.0. The quantitative estimate of drug-likeness (QED) is 0.694. The number of rotatable bonds is 5. The molecule has 2 amide bonds. The number of nitrogens with zero attached hydrogens (tertiary/aromatic N) is 1. The third kappa shape index (κ3) is 4.96. The Morgan fingerprint density at radius 2 is 2.12 bits per heavy atom. The van der Waals surface area contributed by atoms with Gasteiger partial charge in [-0.3, -0.25) is 9.59 Å². The molecule has 0 fully saturated rings. The first-order valence-electron chi connectivity index (χ1n) is 5.40. The lowest BCUT2D eigenvalue weighted by Crippen LogP contribution is -2.32. The normalized spacial score (nSPS) is 9.71. The zero-order valence-corrected chi connectivity index (χ0v) is 9.69. The molecule has 1 rings (SSSR count). The van der Waals surface area contributed by atoms with Crippen LogP contribution < -0.4 is 16.4 Å². The molecule has 1 aromatic rings. The van der Waals surface area contributed by atoms with Gasteiger partial charge in [-0.05, 0) is 18.6 Å². The zero-order chi connectivity index (χ0) is 12.7. The second-order valence-electron chi connectivity index (χ2n) is 3.55. The van der Waals surface area contributed by atoms with Crippen molar-refractivity contribution in [3.63, 3.8) is 0 Å². The summed E-state index contributed by atoms with van der Waals surface area (Å²) in [5.41, 5.74) is 5.96. The topological polar surface area (TPSA) is 97.1 Å². The van der Waals surface area contributed by atoms with E-state index >= 15 is 0 Å². The van der Waals surface area contributed by atoms with Crippen LogP contribution in [0.25, 0.3) is 0 Å². The van der Waals surface area contributed by atoms with E-state index in [0.717, 1.165) is 6.42 Å². The van der Waals surface area contributed by atoms with Gasteiger partial charge >= 0.3 is 0 Å². The number of hydrogen-bond acceptors (Lipinski definition) is 4. The number of nitrogen functional groups attached to an aromatic ring is 1. The third-order valence-electron chi connectivity index (χ3n) is 1.99. The van der Waals surface area contributed by atoms with E-state index in [2.05, 4.69) is 15.6 Å². The first-order chi connectivity index (χ1) is 8.11. The van der Waals surface area contributed by atoms with Crippen LogP contribution in [-0.2, 0) is 9.59 Å². The minimum absolute atomic E-state index is 0.0385. The lowest BCUT2D eigenvalue weighted by atomic mass is 10.3. The summed E-state index contributed by atoms with van der Waals surface area (Å²) >= 11 is 0. The van der Waals surface area contributed by atoms with Crippen LogP contribution in [0.5, 0.6) is 0 Å². The number of nitrogens with two attached hydrogens (primary N) is 1. The van der Waals surface area contributed by atoms with E-state index in [1.54, 1.807) is 12.1 Å². The van der Waals surface area contributed by atoms with E-state index in [-0.39, 0.29) is 18.4 Å². The summed E-state index contributed by atoms with van der Waals surface area (Å²) in [6.45, 7) is 1.86. The molecular weight excluding hydrogens is 220 g/mol. The molecule has 6 heteroatoms. The molecule has 92 valence electrons. The molecule has 6 nitrogen and oxygen atoms in total. The van der Waals surface area contributed by atoms with Crippen molar-refractivity contribution in [2.45, 2.75) is 19.8 Å². The fraction of sp³-hybridized carbons (Fsp3) is 0.364. The van der Waals surface area contributed by atoms with E-state index in [4.69, 9.17) is 5.73 Å². The molecule has 17 heavy (non-hydrogen) atoms. The Morgan fingerprint density at radius 1 is 1.35 bits per heavy atom. The van der Waals surface area contributed by atoms with Crippen molar-refractivity contribution in [1.82, 2.24) is 10.3 Å². The van der Waals surface area contributed by atoms with E-state index in [9.17, 15) is 9.59 Å². The molecule has 0 radical (unpaired) electrons. The Labute approximate surface area is 99.6 Å². The van der Waals surface area contributed by atoms with Gasteiger partial charge in [0.1, 0.15) is 5.82 Å². The lowest BCUT2D eigenvalue weighted by molar-refractivity contribution is -0.124. The van der Waals surface area contributed by atoms with E-state index in [1.165, 1.54) is 6.20 Å². The smallest absolute Gasteiger partial charge is 0.243 e. The summed E-state index contributed by atoms with van der Waals surface area (Å²) in [5.74, 6) is -0.0293. The number of nitrogens with one attached hydrogen (secondary N) is 2. The maximum atomic E-state index is 11.4. The first-order valence-corrected chi connectivity index (χ1v) is 5.40. The van der Waals surface area contributed by atoms with Crippen LogP contribution in [0.15, 0.2) is 18.3 Å². The van der Waals surface area contributed by atoms with Crippen LogP contribution in [0.2, 0.25) is 0 Å². The highest BCUT2D eigenvalue weighted by Gasteiger charge is 2.05. The second-order valence-corrected chi connectivity index (χ2v) is 3.55. The maximum absolute atomic E-state index is 11.4. The van der Waals surface area contributed by atoms with Gasteiger partial charge in [0, 0.05) is 6.42 Å². The second kappa shape index (κ2) is 6.47. The molecule has 4 N–H and O–H groups in total. The Kier molecular flexibility index (Phi) is 4.93. The summed E-state index contributed by atoms with van der Waals surface area (Å²) in [4.78, 5) is 26.4. The van der Waals surface area contributed by atoms with E-state index in [1.807, 2.05) is 6.92 Å². The van der Waals surface area contributed by atoms with Gasteiger partial charge in [-0.2, -0.15) is 0 Å². The predicted octanol–water partition coefficient (Wildman–Crippen LogP) is 0.519. The van der Waals surface area contributed by atoms with Crippen LogP contribution in [0.3, 0.4) is 0 Å². The number of amides is 2. The minimum atomic E-state index is -0.291. The van der Waals surface area contributed by atoms with Crippen LogP contribution in [0, 0.1) is 0 Å². The van der Waals surface area contributed by atoms with Gasteiger partial charge in [-0.1, -0.05) is 6.92 Å². The molecule has 0 aliphatic heterocycles. The molecule has 1 aromatic heterocycles. The highest BCUT2D eigenvalue weighted by molar-refractivity contribution is 5.94. The van der Waals surface area contributed by atoms with Gasteiger partial charge in [0.05, 0.1) is 18.4 Å². The molecule has 0 atom stereocenters. The molecule has 0 bridgehead atoms. The van der Waals surface area contributed by atoms with Crippen molar-refractivity contribution < 1.29 is 9.59 Å². The van der Waals surface area contributed by atoms with Gasteiger partial charge < -0.3 is 16.4 Å². The van der Waals surface area contributed by atoms with Crippen LogP contribution in [-0.4, -0.2) is 23.3 Å². The third-order valence-corrected chi connectivity index (χ3v) is 1.99.